The third-order valence-electron chi connectivity index (χ3n) is 2.68. The smallest absolute Gasteiger partial charge is 0.119 e. The fourth-order valence-corrected chi connectivity index (χ4v) is 1.91. The molecule has 0 fully saturated rings. The molecular weight excluding hydrogens is 212 g/mol. The molecule has 1 aromatic heterocycles. The van der Waals surface area contributed by atoms with E-state index in [1.807, 2.05) is 44.3 Å². The molecule has 17 heavy (non-hydrogen) atoms. The lowest BCUT2D eigenvalue weighted by Crippen LogP contribution is -2.34. The van der Waals surface area contributed by atoms with E-state index in [0.717, 1.165) is 23.3 Å². The van der Waals surface area contributed by atoms with Gasteiger partial charge in [-0.25, -0.2) is 0 Å². The lowest BCUT2D eigenvalue weighted by molar-refractivity contribution is 0.415. The third kappa shape index (κ3) is 2.74. The van der Waals surface area contributed by atoms with Gasteiger partial charge in [-0.05, 0) is 37.4 Å². The molecular formula is C14H18N2O. The lowest BCUT2D eigenvalue weighted by atomic mass is 9.96. The van der Waals surface area contributed by atoms with Crippen LogP contribution in [0.25, 0.3) is 10.8 Å². The van der Waals surface area contributed by atoms with Crippen LogP contribution in [0.1, 0.15) is 19.5 Å². The van der Waals surface area contributed by atoms with Crippen molar-refractivity contribution in [1.29, 1.82) is 0 Å². The van der Waals surface area contributed by atoms with E-state index in [1.54, 1.807) is 7.11 Å². The minimum absolute atomic E-state index is 0.260. The molecule has 0 radical (unpaired) electrons. The van der Waals surface area contributed by atoms with E-state index in [4.69, 9.17) is 10.5 Å². The van der Waals surface area contributed by atoms with Gasteiger partial charge in [0.2, 0.25) is 0 Å². The fraction of sp³-hybridized carbons (Fsp3) is 0.357. The molecule has 0 aliphatic carbocycles. The van der Waals surface area contributed by atoms with Crippen LogP contribution in [-0.4, -0.2) is 17.6 Å². The normalized spacial score (nSPS) is 11.8. The summed E-state index contributed by atoms with van der Waals surface area (Å²) in [6.45, 7) is 4.02. The Bertz CT molecular complexity index is 529. The molecule has 0 amide bonds. The Hall–Kier alpha value is -1.61. The molecule has 0 bridgehead atoms. The summed E-state index contributed by atoms with van der Waals surface area (Å²) in [4.78, 5) is 4.43. The van der Waals surface area contributed by atoms with Gasteiger partial charge in [0.05, 0.1) is 12.8 Å². The summed E-state index contributed by atoms with van der Waals surface area (Å²) in [7, 11) is 1.67. The Labute approximate surface area is 102 Å². The van der Waals surface area contributed by atoms with Gasteiger partial charge in [0.1, 0.15) is 5.75 Å². The zero-order valence-corrected chi connectivity index (χ0v) is 10.5. The highest BCUT2D eigenvalue weighted by atomic mass is 16.5. The van der Waals surface area contributed by atoms with Gasteiger partial charge in [-0.2, -0.15) is 0 Å². The van der Waals surface area contributed by atoms with Gasteiger partial charge < -0.3 is 10.5 Å². The summed E-state index contributed by atoms with van der Waals surface area (Å²) in [5.74, 6) is 0.849. The summed E-state index contributed by atoms with van der Waals surface area (Å²) >= 11 is 0. The quantitative estimate of drug-likeness (QED) is 0.881. The van der Waals surface area contributed by atoms with Crippen molar-refractivity contribution in [2.45, 2.75) is 25.8 Å². The largest absolute Gasteiger partial charge is 0.497 e. The second kappa shape index (κ2) is 4.34. The minimum Gasteiger partial charge on any atom is -0.497 e. The van der Waals surface area contributed by atoms with Gasteiger partial charge >= 0.3 is 0 Å². The van der Waals surface area contributed by atoms with Gasteiger partial charge in [0, 0.05) is 23.5 Å². The lowest BCUT2D eigenvalue weighted by Gasteiger charge is -2.18. The van der Waals surface area contributed by atoms with Crippen LogP contribution in [-0.2, 0) is 6.42 Å². The first kappa shape index (κ1) is 11.9. The molecule has 0 saturated carbocycles. The van der Waals surface area contributed by atoms with Crippen molar-refractivity contribution >= 4 is 10.8 Å². The highest BCUT2D eigenvalue weighted by molar-refractivity contribution is 5.85. The topological polar surface area (TPSA) is 48.1 Å². The summed E-state index contributed by atoms with van der Waals surface area (Å²) in [5.41, 5.74) is 6.82. The minimum atomic E-state index is -0.260. The number of methoxy groups -OCH3 is 1. The first-order valence-electron chi connectivity index (χ1n) is 5.70. The summed E-state index contributed by atoms with van der Waals surface area (Å²) < 4.78 is 5.25. The molecule has 1 heterocycles. The van der Waals surface area contributed by atoms with Crippen molar-refractivity contribution in [3.05, 3.63) is 36.2 Å². The van der Waals surface area contributed by atoms with Crippen LogP contribution in [0.15, 0.2) is 30.5 Å². The molecule has 3 heteroatoms. The van der Waals surface area contributed by atoms with E-state index in [2.05, 4.69) is 4.98 Å². The standard InChI is InChI=1S/C14H18N2O/c1-14(2,15)9-13-12-8-11(17-3)5-4-10(12)6-7-16-13/h4-8H,9,15H2,1-3H3. The molecule has 0 aliphatic heterocycles. The first-order valence-corrected chi connectivity index (χ1v) is 5.70. The van der Waals surface area contributed by atoms with Gasteiger partial charge in [0.25, 0.3) is 0 Å². The Balaban J connectivity index is 2.54. The fourth-order valence-electron chi connectivity index (χ4n) is 1.91. The Kier molecular flexibility index (Phi) is 3.03. The van der Waals surface area contributed by atoms with Gasteiger partial charge in [-0.1, -0.05) is 6.07 Å². The van der Waals surface area contributed by atoms with Crippen molar-refractivity contribution < 1.29 is 4.74 Å². The van der Waals surface area contributed by atoms with E-state index in [1.165, 1.54) is 5.39 Å². The molecule has 0 unspecified atom stereocenters. The number of nitrogens with two attached hydrogens (primary N) is 1. The van der Waals surface area contributed by atoms with E-state index < -0.39 is 0 Å². The van der Waals surface area contributed by atoms with Crippen LogP contribution in [0.3, 0.4) is 0 Å². The van der Waals surface area contributed by atoms with Crippen molar-refractivity contribution in [3.8, 4) is 5.75 Å². The van der Waals surface area contributed by atoms with Crippen LogP contribution in [0.4, 0.5) is 0 Å². The number of aromatic nitrogens is 1. The van der Waals surface area contributed by atoms with Crippen molar-refractivity contribution in [2.24, 2.45) is 5.73 Å². The maximum atomic E-state index is 6.06. The van der Waals surface area contributed by atoms with E-state index in [0.29, 0.717) is 0 Å². The predicted molar refractivity (Wildman–Crippen MR) is 70.3 cm³/mol. The SMILES string of the molecule is COc1ccc2ccnc(CC(C)(C)N)c2c1. The average Bonchev–Trinajstić information content (AvgIpc) is 2.27. The van der Waals surface area contributed by atoms with Crippen LogP contribution in [0, 0.1) is 0 Å². The number of hydrogen-bond acceptors (Lipinski definition) is 3. The number of hydrogen-bond donors (Lipinski definition) is 1. The summed E-state index contributed by atoms with van der Waals surface area (Å²) in [5, 5.41) is 2.28. The first-order chi connectivity index (χ1) is 7.99. The Morgan fingerprint density at radius 1 is 1.29 bits per heavy atom. The second-order valence-corrected chi connectivity index (χ2v) is 5.01. The third-order valence-corrected chi connectivity index (χ3v) is 2.68. The summed E-state index contributed by atoms with van der Waals surface area (Å²) in [6, 6.07) is 8.02. The molecule has 2 N–H and O–H groups in total. The number of ether oxygens (including phenoxy) is 1. The molecule has 0 saturated heterocycles. The van der Waals surface area contributed by atoms with E-state index in [9.17, 15) is 0 Å². The highest BCUT2D eigenvalue weighted by Crippen LogP contribution is 2.24. The van der Waals surface area contributed by atoms with Gasteiger partial charge in [-0.15, -0.1) is 0 Å². The Morgan fingerprint density at radius 3 is 2.71 bits per heavy atom. The maximum absolute atomic E-state index is 6.06. The monoisotopic (exact) mass is 230 g/mol. The number of benzene rings is 1. The van der Waals surface area contributed by atoms with Crippen LogP contribution in [0.2, 0.25) is 0 Å². The van der Waals surface area contributed by atoms with Crippen LogP contribution < -0.4 is 10.5 Å². The molecule has 0 atom stereocenters. The number of pyridine rings is 1. The molecule has 2 aromatic rings. The van der Waals surface area contributed by atoms with Crippen LogP contribution in [0.5, 0.6) is 5.75 Å². The van der Waals surface area contributed by atoms with Gasteiger partial charge in [-0.3, -0.25) is 4.98 Å². The zero-order chi connectivity index (χ0) is 12.5. The number of rotatable bonds is 3. The molecule has 3 nitrogen and oxygen atoms in total. The van der Waals surface area contributed by atoms with Crippen LogP contribution >= 0.6 is 0 Å². The summed E-state index contributed by atoms with van der Waals surface area (Å²) in [6.07, 6.45) is 2.58. The molecule has 0 spiro atoms. The molecule has 0 aliphatic rings. The van der Waals surface area contributed by atoms with E-state index >= 15 is 0 Å². The van der Waals surface area contributed by atoms with Gasteiger partial charge in [0.15, 0.2) is 0 Å². The second-order valence-electron chi connectivity index (χ2n) is 5.01. The zero-order valence-electron chi connectivity index (χ0n) is 10.5. The van der Waals surface area contributed by atoms with Crippen molar-refractivity contribution in [2.75, 3.05) is 7.11 Å². The molecule has 1 aromatic carbocycles. The maximum Gasteiger partial charge on any atom is 0.119 e. The number of nitrogens with zero attached hydrogens (tertiary/aromatic N) is 1. The van der Waals surface area contributed by atoms with Crippen molar-refractivity contribution in [1.82, 2.24) is 4.98 Å². The predicted octanol–water partition coefficient (Wildman–Crippen LogP) is 2.52. The van der Waals surface area contributed by atoms with E-state index in [-0.39, 0.29) is 5.54 Å². The molecule has 90 valence electrons. The van der Waals surface area contributed by atoms with Crippen molar-refractivity contribution in [3.63, 3.8) is 0 Å². The number of fused-ring (bicyclic) bond motifs is 1. The Morgan fingerprint density at radius 2 is 2.06 bits per heavy atom. The highest BCUT2D eigenvalue weighted by Gasteiger charge is 2.14. The average molecular weight is 230 g/mol. The molecule has 2 rings (SSSR count).